The van der Waals surface area contributed by atoms with Gasteiger partial charge in [0.25, 0.3) is 5.91 Å². The molecule has 2 saturated heterocycles. The average molecular weight is 301 g/mol. The summed E-state index contributed by atoms with van der Waals surface area (Å²) in [5.74, 6) is -0.140. The molecule has 118 valence electrons. The van der Waals surface area contributed by atoms with E-state index in [0.717, 1.165) is 43.0 Å². The van der Waals surface area contributed by atoms with Gasteiger partial charge in [0.1, 0.15) is 0 Å². The third kappa shape index (κ3) is 2.55. The van der Waals surface area contributed by atoms with Crippen molar-refractivity contribution in [2.75, 3.05) is 38.1 Å². The predicted molar refractivity (Wildman–Crippen MR) is 85.9 cm³/mol. The highest BCUT2D eigenvalue weighted by molar-refractivity contribution is 6.23. The Balaban J connectivity index is 1.86. The van der Waals surface area contributed by atoms with E-state index >= 15 is 0 Å². The van der Waals surface area contributed by atoms with Gasteiger partial charge in [-0.2, -0.15) is 0 Å². The van der Waals surface area contributed by atoms with E-state index in [1.54, 1.807) is 0 Å². The molecule has 0 aromatic heterocycles. The minimum Gasteiger partial charge on any atom is -0.304 e. The van der Waals surface area contributed by atoms with E-state index in [0.29, 0.717) is 6.42 Å². The number of para-hydroxylation sites is 1. The molecular formula is C17H23N3O2. The summed E-state index contributed by atoms with van der Waals surface area (Å²) in [5.41, 5.74) is 2.72. The van der Waals surface area contributed by atoms with E-state index in [4.69, 9.17) is 0 Å². The van der Waals surface area contributed by atoms with Crippen LogP contribution in [0.3, 0.4) is 0 Å². The standard InChI is InChI=1S/C17H23N3O2/c1-12-5-4-6-13(2)16(12)20-15(21)11-14(17(20)22)19-9-7-18(3)8-10-19/h4-6,14H,7-11H2,1-3H3/t14-/m0/s1. The number of piperazine rings is 1. The van der Waals surface area contributed by atoms with Crippen LogP contribution < -0.4 is 4.90 Å². The topological polar surface area (TPSA) is 43.9 Å². The molecule has 0 spiro atoms. The second kappa shape index (κ2) is 5.82. The van der Waals surface area contributed by atoms with Crippen molar-refractivity contribution >= 4 is 17.5 Å². The zero-order valence-corrected chi connectivity index (χ0v) is 13.5. The first-order valence-corrected chi connectivity index (χ1v) is 7.84. The molecular weight excluding hydrogens is 278 g/mol. The van der Waals surface area contributed by atoms with Crippen LogP contribution in [0.2, 0.25) is 0 Å². The highest BCUT2D eigenvalue weighted by atomic mass is 16.2. The number of amides is 2. The molecule has 0 unspecified atom stereocenters. The second-order valence-electron chi connectivity index (χ2n) is 6.37. The Bertz CT molecular complexity index is 586. The van der Waals surface area contributed by atoms with Gasteiger partial charge in [-0.1, -0.05) is 18.2 Å². The lowest BCUT2D eigenvalue weighted by Crippen LogP contribution is -2.51. The van der Waals surface area contributed by atoms with Gasteiger partial charge >= 0.3 is 0 Å². The van der Waals surface area contributed by atoms with Gasteiger partial charge in [0, 0.05) is 26.2 Å². The van der Waals surface area contributed by atoms with E-state index in [2.05, 4.69) is 16.8 Å². The summed E-state index contributed by atoms with van der Waals surface area (Å²) >= 11 is 0. The molecule has 5 heteroatoms. The number of carbonyl (C=O) groups is 2. The molecule has 0 bridgehead atoms. The molecule has 0 saturated carbocycles. The van der Waals surface area contributed by atoms with Crippen LogP contribution in [0.5, 0.6) is 0 Å². The molecule has 2 fully saturated rings. The Hall–Kier alpha value is -1.72. The fourth-order valence-corrected chi connectivity index (χ4v) is 3.43. The van der Waals surface area contributed by atoms with Gasteiger partial charge in [-0.05, 0) is 32.0 Å². The number of carbonyl (C=O) groups excluding carboxylic acids is 2. The number of likely N-dealkylation sites (N-methyl/N-ethyl adjacent to an activating group) is 1. The van der Waals surface area contributed by atoms with E-state index in [-0.39, 0.29) is 17.9 Å². The van der Waals surface area contributed by atoms with E-state index in [9.17, 15) is 9.59 Å². The zero-order chi connectivity index (χ0) is 15.9. The van der Waals surface area contributed by atoms with Crippen LogP contribution in [0.25, 0.3) is 0 Å². The zero-order valence-electron chi connectivity index (χ0n) is 13.5. The molecule has 22 heavy (non-hydrogen) atoms. The third-order valence-electron chi connectivity index (χ3n) is 4.76. The summed E-state index contributed by atoms with van der Waals surface area (Å²) in [6.45, 7) is 7.49. The van der Waals surface area contributed by atoms with Crippen molar-refractivity contribution in [3.63, 3.8) is 0 Å². The van der Waals surface area contributed by atoms with Crippen LogP contribution in [0.1, 0.15) is 17.5 Å². The van der Waals surface area contributed by atoms with Crippen LogP contribution >= 0.6 is 0 Å². The lowest BCUT2D eigenvalue weighted by atomic mass is 10.1. The largest absolute Gasteiger partial charge is 0.304 e. The van der Waals surface area contributed by atoms with Crippen molar-refractivity contribution in [2.45, 2.75) is 26.3 Å². The van der Waals surface area contributed by atoms with Gasteiger partial charge in [-0.25, -0.2) is 4.90 Å². The number of nitrogens with zero attached hydrogens (tertiary/aromatic N) is 3. The Morgan fingerprint density at radius 2 is 1.59 bits per heavy atom. The first-order chi connectivity index (χ1) is 10.5. The lowest BCUT2D eigenvalue weighted by Gasteiger charge is -2.35. The predicted octanol–water partition coefficient (Wildman–Crippen LogP) is 1.18. The summed E-state index contributed by atoms with van der Waals surface area (Å²) in [6, 6.07) is 5.56. The van der Waals surface area contributed by atoms with Crippen molar-refractivity contribution in [1.29, 1.82) is 0 Å². The van der Waals surface area contributed by atoms with Gasteiger partial charge in [0.15, 0.2) is 0 Å². The van der Waals surface area contributed by atoms with Crippen molar-refractivity contribution in [3.8, 4) is 0 Å². The molecule has 2 aliphatic rings. The van der Waals surface area contributed by atoms with E-state index < -0.39 is 0 Å². The van der Waals surface area contributed by atoms with Crippen LogP contribution in [-0.4, -0.2) is 60.9 Å². The first-order valence-electron chi connectivity index (χ1n) is 7.84. The van der Waals surface area contributed by atoms with Crippen LogP contribution in [0, 0.1) is 13.8 Å². The third-order valence-corrected chi connectivity index (χ3v) is 4.76. The number of imide groups is 1. The Morgan fingerprint density at radius 3 is 2.18 bits per heavy atom. The van der Waals surface area contributed by atoms with Gasteiger partial charge in [0.2, 0.25) is 5.91 Å². The smallest absolute Gasteiger partial charge is 0.251 e. The van der Waals surface area contributed by atoms with Crippen LogP contribution in [0.4, 0.5) is 5.69 Å². The maximum Gasteiger partial charge on any atom is 0.251 e. The normalized spacial score (nSPS) is 24.3. The van der Waals surface area contributed by atoms with E-state index in [1.807, 2.05) is 32.0 Å². The maximum atomic E-state index is 12.9. The molecule has 0 radical (unpaired) electrons. The Labute approximate surface area is 131 Å². The molecule has 2 amide bonds. The molecule has 0 aliphatic carbocycles. The second-order valence-corrected chi connectivity index (χ2v) is 6.37. The molecule has 1 aromatic rings. The summed E-state index contributed by atoms with van der Waals surface area (Å²) in [4.78, 5) is 31.1. The van der Waals surface area contributed by atoms with Crippen molar-refractivity contribution in [1.82, 2.24) is 9.80 Å². The minimum absolute atomic E-state index is 0.0630. The summed E-state index contributed by atoms with van der Waals surface area (Å²) in [7, 11) is 2.09. The number of aryl methyl sites for hydroxylation is 2. The van der Waals surface area contributed by atoms with Crippen LogP contribution in [-0.2, 0) is 9.59 Å². The number of rotatable bonds is 2. The van der Waals surface area contributed by atoms with E-state index in [1.165, 1.54) is 4.90 Å². The van der Waals surface area contributed by atoms with Crippen LogP contribution in [0.15, 0.2) is 18.2 Å². The number of hydrogen-bond donors (Lipinski definition) is 0. The number of anilines is 1. The maximum absolute atomic E-state index is 12.9. The molecule has 1 aromatic carbocycles. The summed E-state index contributed by atoms with van der Waals surface area (Å²) in [5, 5.41) is 0. The van der Waals surface area contributed by atoms with Gasteiger partial charge in [0.05, 0.1) is 18.2 Å². The quantitative estimate of drug-likeness (QED) is 0.770. The molecule has 2 heterocycles. The summed E-state index contributed by atoms with van der Waals surface area (Å²) in [6.07, 6.45) is 0.302. The van der Waals surface area contributed by atoms with Gasteiger partial charge in [-0.3, -0.25) is 14.5 Å². The van der Waals surface area contributed by atoms with Crippen molar-refractivity contribution in [3.05, 3.63) is 29.3 Å². The Morgan fingerprint density at radius 1 is 1.00 bits per heavy atom. The SMILES string of the molecule is Cc1cccc(C)c1N1C(=O)C[C@H](N2CCN(C)CC2)C1=O. The number of benzene rings is 1. The number of hydrogen-bond acceptors (Lipinski definition) is 4. The van der Waals surface area contributed by atoms with Crippen molar-refractivity contribution in [2.24, 2.45) is 0 Å². The summed E-state index contributed by atoms with van der Waals surface area (Å²) < 4.78 is 0. The fourth-order valence-electron chi connectivity index (χ4n) is 3.43. The highest BCUT2D eigenvalue weighted by Crippen LogP contribution is 2.31. The molecule has 0 N–H and O–H groups in total. The monoisotopic (exact) mass is 301 g/mol. The Kier molecular flexibility index (Phi) is 4.02. The molecule has 2 aliphatic heterocycles. The molecule has 3 rings (SSSR count). The molecule has 5 nitrogen and oxygen atoms in total. The average Bonchev–Trinajstić information content (AvgIpc) is 2.76. The molecule has 1 atom stereocenters. The first kappa shape index (κ1) is 15.2. The van der Waals surface area contributed by atoms with Crippen molar-refractivity contribution < 1.29 is 9.59 Å². The van der Waals surface area contributed by atoms with Gasteiger partial charge in [-0.15, -0.1) is 0 Å². The van der Waals surface area contributed by atoms with Gasteiger partial charge < -0.3 is 4.90 Å². The highest BCUT2D eigenvalue weighted by Gasteiger charge is 2.43. The minimum atomic E-state index is -0.291. The lowest BCUT2D eigenvalue weighted by molar-refractivity contribution is -0.123. The fraction of sp³-hybridized carbons (Fsp3) is 0.529.